The molecule has 44 heavy (non-hydrogen) atoms. The molecule has 0 fully saturated rings. The van der Waals surface area contributed by atoms with E-state index in [-0.39, 0.29) is 5.91 Å². The molecule has 0 aliphatic rings. The molecule has 0 unspecified atom stereocenters. The first-order chi connectivity index (χ1) is 21.4. The first-order valence-corrected chi connectivity index (χ1v) is 15.6. The molecular weight excluding hydrogens is 558 g/mol. The quantitative estimate of drug-likeness (QED) is 0.0253. The second kappa shape index (κ2) is 19.4. The third kappa shape index (κ3) is 11.3. The Morgan fingerprint density at radius 2 is 1.64 bits per heavy atom. The van der Waals surface area contributed by atoms with Crippen molar-refractivity contribution in [2.24, 2.45) is 5.11 Å². The van der Waals surface area contributed by atoms with E-state index in [1.54, 1.807) is 0 Å². The molecule has 1 aromatic heterocycles. The molecule has 0 atom stereocenters. The van der Waals surface area contributed by atoms with E-state index < -0.39 is 0 Å². The number of benzene rings is 2. The van der Waals surface area contributed by atoms with E-state index in [0.29, 0.717) is 64.0 Å². The first-order valence-electron chi connectivity index (χ1n) is 15.6. The van der Waals surface area contributed by atoms with Crippen LogP contribution in [-0.2, 0) is 25.5 Å². The second-order valence-corrected chi connectivity index (χ2v) is 10.7. The monoisotopic (exact) mass is 606 g/mol. The van der Waals surface area contributed by atoms with Crippen LogP contribution < -0.4 is 20.9 Å². The van der Waals surface area contributed by atoms with Crippen molar-refractivity contribution in [3.63, 3.8) is 0 Å². The van der Waals surface area contributed by atoms with Crippen LogP contribution in [0.25, 0.3) is 32.1 Å². The van der Waals surface area contributed by atoms with E-state index in [1.807, 2.05) is 36.4 Å². The molecule has 3 aromatic rings. The Bertz CT molecular complexity index is 1420. The van der Waals surface area contributed by atoms with Gasteiger partial charge in [0.15, 0.2) is 5.69 Å². The number of aromatic nitrogens is 1. The van der Waals surface area contributed by atoms with Gasteiger partial charge in [-0.05, 0) is 43.0 Å². The highest BCUT2D eigenvalue weighted by Crippen LogP contribution is 2.30. The number of aryl methyl sites for hydroxylation is 2. The third-order valence-electron chi connectivity index (χ3n) is 7.33. The van der Waals surface area contributed by atoms with E-state index in [1.165, 1.54) is 0 Å². The van der Waals surface area contributed by atoms with Gasteiger partial charge in [-0.1, -0.05) is 30.7 Å². The van der Waals surface area contributed by atoms with Gasteiger partial charge in [0.2, 0.25) is 11.4 Å². The van der Waals surface area contributed by atoms with Crippen LogP contribution in [0.15, 0.2) is 53.8 Å². The Morgan fingerprint density at radius 1 is 0.909 bits per heavy atom. The van der Waals surface area contributed by atoms with Crippen LogP contribution in [0, 0.1) is 6.92 Å². The lowest BCUT2D eigenvalue weighted by Crippen LogP contribution is -2.38. The fraction of sp³-hybridized carbons (Fsp3) is 0.515. The zero-order valence-electron chi connectivity index (χ0n) is 26.3. The highest BCUT2D eigenvalue weighted by atomic mass is 16.5. The van der Waals surface area contributed by atoms with Crippen molar-refractivity contribution in [1.82, 2.24) is 10.6 Å². The molecule has 3 rings (SSSR count). The number of azide groups is 1. The number of pyridine rings is 1. The number of amides is 1. The highest BCUT2D eigenvalue weighted by molar-refractivity contribution is 6.06. The number of fused-ring (bicyclic) bond motifs is 3. The maximum absolute atomic E-state index is 12.3. The summed E-state index contributed by atoms with van der Waals surface area (Å²) in [6.07, 6.45) is 5.01. The van der Waals surface area contributed by atoms with E-state index in [0.717, 1.165) is 78.3 Å². The molecule has 11 nitrogen and oxygen atoms in total. The molecule has 0 bridgehead atoms. The largest absolute Gasteiger partial charge is 0.399 e. The Labute approximate surface area is 260 Å². The van der Waals surface area contributed by atoms with Crippen molar-refractivity contribution in [2.45, 2.75) is 58.9 Å². The molecule has 0 aliphatic carbocycles. The number of rotatable bonds is 22. The van der Waals surface area contributed by atoms with E-state index in [2.05, 4.69) is 45.7 Å². The van der Waals surface area contributed by atoms with E-state index in [9.17, 15) is 4.79 Å². The summed E-state index contributed by atoms with van der Waals surface area (Å²) in [7, 11) is 0. The number of nitrogen functional groups attached to an aromatic ring is 1. The molecule has 0 aliphatic heterocycles. The second-order valence-electron chi connectivity index (χ2n) is 10.7. The molecule has 238 valence electrons. The maximum Gasteiger partial charge on any atom is 0.220 e. The van der Waals surface area contributed by atoms with Crippen LogP contribution in [-0.4, -0.2) is 58.6 Å². The van der Waals surface area contributed by atoms with Crippen LogP contribution in [0.3, 0.4) is 0 Å². The van der Waals surface area contributed by atoms with Gasteiger partial charge in [0.25, 0.3) is 0 Å². The molecular formula is C33H48N7O4+. The standard InChI is InChI=1S/C33H47N7O4/c1-4-14-36-25(2)13-17-42-19-21-44-22-20-43-18-15-37-33(41)8-6-5-7-16-40-26(3)31-24-28(38-39-35)10-12-29(31)30-11-9-27(34)23-32(30)40/h9-12,23-24,34,36H,2,4-8,13-22H2,1,3H3,(H,37,41)/p+1. The molecule has 0 radical (unpaired) electrons. The van der Waals surface area contributed by atoms with Crippen molar-refractivity contribution in [1.29, 1.82) is 0 Å². The normalized spacial score (nSPS) is 11.0. The predicted octanol–water partition coefficient (Wildman–Crippen LogP) is 5.74. The average molecular weight is 607 g/mol. The van der Waals surface area contributed by atoms with Crippen LogP contribution >= 0.6 is 0 Å². The SMILES string of the molecule is C=C(CCOCCOCCOCCNC(=O)CCCCC[n+]1c(C)c2cc(N=[N+]=[N-])ccc2c2ccc(N)cc21)NCCC. The summed E-state index contributed by atoms with van der Waals surface area (Å²) in [5.41, 5.74) is 19.5. The van der Waals surface area contributed by atoms with Gasteiger partial charge in [0, 0.05) is 78.1 Å². The summed E-state index contributed by atoms with van der Waals surface area (Å²) in [6, 6.07) is 11.7. The summed E-state index contributed by atoms with van der Waals surface area (Å²) < 4.78 is 18.9. The van der Waals surface area contributed by atoms with Gasteiger partial charge < -0.3 is 30.6 Å². The number of nitrogens with two attached hydrogens (primary N) is 1. The Balaban J connectivity index is 1.29. The minimum absolute atomic E-state index is 0.0351. The van der Waals surface area contributed by atoms with Crippen LogP contribution in [0.5, 0.6) is 0 Å². The maximum atomic E-state index is 12.3. The van der Waals surface area contributed by atoms with Gasteiger partial charge in [-0.15, -0.1) is 0 Å². The van der Waals surface area contributed by atoms with Crippen molar-refractivity contribution >= 4 is 39.0 Å². The lowest BCUT2D eigenvalue weighted by Gasteiger charge is -2.11. The molecule has 2 aromatic carbocycles. The predicted molar refractivity (Wildman–Crippen MR) is 176 cm³/mol. The van der Waals surface area contributed by atoms with Crippen LogP contribution in [0.4, 0.5) is 11.4 Å². The fourth-order valence-electron chi connectivity index (χ4n) is 5.00. The molecule has 0 spiro atoms. The van der Waals surface area contributed by atoms with Crippen molar-refractivity contribution < 1.29 is 23.6 Å². The number of unbranched alkanes of at least 4 members (excludes halogenated alkanes) is 2. The summed E-state index contributed by atoms with van der Waals surface area (Å²) in [5.74, 6) is 0.0351. The Hall–Kier alpha value is -3.89. The Morgan fingerprint density at radius 3 is 2.39 bits per heavy atom. The smallest absolute Gasteiger partial charge is 0.220 e. The topological polar surface area (TPSA) is 147 Å². The summed E-state index contributed by atoms with van der Waals surface area (Å²) >= 11 is 0. The average Bonchev–Trinajstić information content (AvgIpc) is 3.02. The van der Waals surface area contributed by atoms with Gasteiger partial charge in [0.1, 0.15) is 6.54 Å². The van der Waals surface area contributed by atoms with Gasteiger partial charge in [0.05, 0.1) is 45.0 Å². The summed E-state index contributed by atoms with van der Waals surface area (Å²) in [4.78, 5) is 15.2. The van der Waals surface area contributed by atoms with Crippen LogP contribution in [0.2, 0.25) is 0 Å². The van der Waals surface area contributed by atoms with Crippen molar-refractivity contribution in [3.05, 3.63) is 64.8 Å². The number of carbonyl (C=O) groups excluding carboxylic acids is 1. The van der Waals surface area contributed by atoms with E-state index in [4.69, 9.17) is 25.5 Å². The molecule has 0 saturated heterocycles. The molecule has 1 amide bonds. The minimum atomic E-state index is 0.0351. The zero-order valence-corrected chi connectivity index (χ0v) is 26.3. The zero-order chi connectivity index (χ0) is 31.6. The molecule has 0 saturated carbocycles. The highest BCUT2D eigenvalue weighted by Gasteiger charge is 2.19. The molecule has 4 N–H and O–H groups in total. The van der Waals surface area contributed by atoms with Crippen LogP contribution in [0.1, 0.15) is 51.1 Å². The number of nitrogens with zero attached hydrogens (tertiary/aromatic N) is 4. The minimum Gasteiger partial charge on any atom is -0.399 e. The number of hydrogen-bond donors (Lipinski definition) is 3. The summed E-state index contributed by atoms with van der Waals surface area (Å²) in [6.45, 7) is 13.5. The lowest BCUT2D eigenvalue weighted by molar-refractivity contribution is -0.676. The van der Waals surface area contributed by atoms with Gasteiger partial charge in [-0.25, -0.2) is 0 Å². The third-order valence-corrected chi connectivity index (χ3v) is 7.33. The molecule has 11 heteroatoms. The fourth-order valence-corrected chi connectivity index (χ4v) is 5.00. The number of carbonyl (C=O) groups is 1. The van der Waals surface area contributed by atoms with Gasteiger partial charge in [-0.2, -0.15) is 4.57 Å². The molecule has 1 heterocycles. The lowest BCUT2D eigenvalue weighted by atomic mass is 10.0. The number of hydrogen-bond acceptors (Lipinski definition) is 7. The number of ether oxygens (including phenoxy) is 3. The number of anilines is 1. The van der Waals surface area contributed by atoms with Gasteiger partial charge in [-0.3, -0.25) is 4.79 Å². The summed E-state index contributed by atoms with van der Waals surface area (Å²) in [5, 5.41) is 13.2. The number of nitrogens with one attached hydrogen (secondary N) is 2. The van der Waals surface area contributed by atoms with Gasteiger partial charge >= 0.3 is 0 Å². The Kier molecular flexibility index (Phi) is 15.3. The van der Waals surface area contributed by atoms with Crippen molar-refractivity contribution in [3.8, 4) is 0 Å². The van der Waals surface area contributed by atoms with Crippen molar-refractivity contribution in [2.75, 3.05) is 58.5 Å². The first kappa shape index (κ1) is 34.6. The van der Waals surface area contributed by atoms with E-state index >= 15 is 0 Å².